The highest BCUT2D eigenvalue weighted by Crippen LogP contribution is 2.28. The van der Waals surface area contributed by atoms with Crippen molar-refractivity contribution in [3.8, 4) is 11.5 Å². The topological polar surface area (TPSA) is 89.3 Å². The van der Waals surface area contributed by atoms with E-state index in [-0.39, 0.29) is 11.6 Å². The van der Waals surface area contributed by atoms with Crippen LogP contribution in [0.15, 0.2) is 63.7 Å². The Balaban J connectivity index is 1.46. The molecule has 1 aliphatic rings. The van der Waals surface area contributed by atoms with Crippen molar-refractivity contribution in [3.63, 3.8) is 0 Å². The van der Waals surface area contributed by atoms with Crippen LogP contribution in [-0.4, -0.2) is 29.5 Å². The van der Waals surface area contributed by atoms with Crippen molar-refractivity contribution >= 4 is 34.6 Å². The Morgan fingerprint density at radius 3 is 2.86 bits per heavy atom. The minimum Gasteiger partial charge on any atom is -0.457 e. The first-order valence-corrected chi connectivity index (χ1v) is 9.53. The predicted molar refractivity (Wildman–Crippen MR) is 111 cm³/mol. The van der Waals surface area contributed by atoms with Gasteiger partial charge in [-0.25, -0.2) is 0 Å². The third-order valence-corrected chi connectivity index (χ3v) is 4.75. The molecule has 148 valence electrons. The van der Waals surface area contributed by atoms with E-state index in [0.717, 1.165) is 23.4 Å². The highest BCUT2D eigenvalue weighted by molar-refractivity contribution is 6.29. The summed E-state index contributed by atoms with van der Waals surface area (Å²) >= 11 is 5.99. The molecule has 2 N–H and O–H groups in total. The number of ether oxygens (including phenoxy) is 1. The molecule has 0 radical (unpaired) electrons. The van der Waals surface area contributed by atoms with Crippen LogP contribution in [0.5, 0.6) is 11.5 Å². The van der Waals surface area contributed by atoms with Gasteiger partial charge in [0, 0.05) is 37.0 Å². The Kier molecular flexibility index (Phi) is 5.48. The number of hydrogen-bond donors (Lipinski definition) is 2. The molecule has 0 aliphatic heterocycles. The lowest BCUT2D eigenvalue weighted by molar-refractivity contribution is 0.0958. The zero-order valence-electron chi connectivity index (χ0n) is 15.7. The first-order valence-electron chi connectivity index (χ1n) is 9.15. The second-order valence-corrected chi connectivity index (χ2v) is 6.98. The summed E-state index contributed by atoms with van der Waals surface area (Å²) in [6, 6.07) is 9.09. The Morgan fingerprint density at radius 1 is 1.21 bits per heavy atom. The summed E-state index contributed by atoms with van der Waals surface area (Å²) in [4.78, 5) is 20.2. The highest BCUT2D eigenvalue weighted by Gasteiger charge is 2.11. The van der Waals surface area contributed by atoms with Gasteiger partial charge in [-0.3, -0.25) is 9.78 Å². The maximum Gasteiger partial charge on any atom is 0.295 e. The highest BCUT2D eigenvalue weighted by atomic mass is 35.5. The monoisotopic (exact) mass is 410 g/mol. The predicted octanol–water partition coefficient (Wildman–Crippen LogP) is 4.63. The number of benzene rings is 1. The van der Waals surface area contributed by atoms with Gasteiger partial charge in [0.2, 0.25) is 0 Å². The zero-order chi connectivity index (χ0) is 20.2. The van der Waals surface area contributed by atoms with Crippen molar-refractivity contribution in [2.24, 2.45) is 0 Å². The summed E-state index contributed by atoms with van der Waals surface area (Å²) in [6.07, 6.45) is 7.25. The number of nitrogens with zero attached hydrogens (tertiary/aromatic N) is 2. The van der Waals surface area contributed by atoms with Crippen LogP contribution in [0.4, 0.5) is 6.01 Å². The van der Waals surface area contributed by atoms with E-state index in [1.54, 1.807) is 31.3 Å². The van der Waals surface area contributed by atoms with Gasteiger partial charge in [0.25, 0.3) is 11.9 Å². The van der Waals surface area contributed by atoms with Crippen LogP contribution in [0.25, 0.3) is 11.1 Å². The lowest BCUT2D eigenvalue weighted by atomic mass is 10.1. The Labute approximate surface area is 172 Å². The van der Waals surface area contributed by atoms with Crippen molar-refractivity contribution in [3.05, 3.63) is 65.0 Å². The molecule has 2 heterocycles. The number of rotatable bonds is 6. The molecule has 1 aromatic carbocycles. The molecule has 2 aromatic heterocycles. The van der Waals surface area contributed by atoms with Crippen LogP contribution in [0.1, 0.15) is 23.3 Å². The SMILES string of the molecule is CNC(=O)c1cc(Oc2ccc3nc(NCC4=CC=C(Cl)CC4)oc3c2)ccn1. The van der Waals surface area contributed by atoms with Gasteiger partial charge in [-0.2, -0.15) is 4.98 Å². The lowest BCUT2D eigenvalue weighted by Crippen LogP contribution is -2.18. The molecule has 8 heteroatoms. The van der Waals surface area contributed by atoms with Gasteiger partial charge < -0.3 is 19.8 Å². The van der Waals surface area contributed by atoms with Crippen LogP contribution >= 0.6 is 11.6 Å². The Hall–Kier alpha value is -3.32. The van der Waals surface area contributed by atoms with E-state index >= 15 is 0 Å². The van der Waals surface area contributed by atoms with Gasteiger partial charge in [0.05, 0.1) is 0 Å². The average molecular weight is 411 g/mol. The molecule has 29 heavy (non-hydrogen) atoms. The summed E-state index contributed by atoms with van der Waals surface area (Å²) in [7, 11) is 1.55. The van der Waals surface area contributed by atoms with E-state index in [2.05, 4.69) is 20.6 Å². The van der Waals surface area contributed by atoms with E-state index in [0.29, 0.717) is 29.6 Å². The molecular weight excluding hydrogens is 392 g/mol. The lowest BCUT2D eigenvalue weighted by Gasteiger charge is -2.10. The van der Waals surface area contributed by atoms with E-state index in [1.807, 2.05) is 18.2 Å². The van der Waals surface area contributed by atoms with E-state index < -0.39 is 0 Å². The number of allylic oxidation sites excluding steroid dienone is 3. The summed E-state index contributed by atoms with van der Waals surface area (Å²) in [5.74, 6) is 0.804. The van der Waals surface area contributed by atoms with Gasteiger partial charge >= 0.3 is 0 Å². The molecule has 3 aromatic rings. The number of hydrogen-bond acceptors (Lipinski definition) is 6. The average Bonchev–Trinajstić information content (AvgIpc) is 3.15. The molecule has 0 atom stereocenters. The van der Waals surface area contributed by atoms with Crippen molar-refractivity contribution < 1.29 is 13.9 Å². The number of carbonyl (C=O) groups excluding carboxylic acids is 1. The molecule has 7 nitrogen and oxygen atoms in total. The number of aromatic nitrogens is 2. The van der Waals surface area contributed by atoms with Crippen LogP contribution in [0, 0.1) is 0 Å². The first-order chi connectivity index (χ1) is 14.1. The van der Waals surface area contributed by atoms with Gasteiger partial charge in [0.15, 0.2) is 5.58 Å². The van der Waals surface area contributed by atoms with Crippen LogP contribution < -0.4 is 15.4 Å². The van der Waals surface area contributed by atoms with Gasteiger partial charge in [-0.15, -0.1) is 0 Å². The standard InChI is InChI=1S/C21H19ClN4O3/c1-23-20(27)18-10-16(8-9-24-18)28-15-6-7-17-19(11-15)29-21(26-17)25-12-13-2-4-14(22)5-3-13/h2,4,6-11H,3,5,12H2,1H3,(H,23,27)(H,25,26). The largest absolute Gasteiger partial charge is 0.457 e. The van der Waals surface area contributed by atoms with Crippen LogP contribution in [0.2, 0.25) is 0 Å². The molecule has 4 rings (SSSR count). The number of fused-ring (bicyclic) bond motifs is 1. The number of anilines is 1. The molecule has 1 amide bonds. The Morgan fingerprint density at radius 2 is 2.07 bits per heavy atom. The summed E-state index contributed by atoms with van der Waals surface area (Å²) < 4.78 is 11.6. The van der Waals surface area contributed by atoms with Crippen molar-refractivity contribution in [2.45, 2.75) is 12.8 Å². The number of halogens is 1. The van der Waals surface area contributed by atoms with Crippen molar-refractivity contribution in [1.82, 2.24) is 15.3 Å². The maximum absolute atomic E-state index is 11.7. The molecule has 0 bridgehead atoms. The third-order valence-electron chi connectivity index (χ3n) is 4.44. The fourth-order valence-electron chi connectivity index (χ4n) is 2.90. The third kappa shape index (κ3) is 4.57. The van der Waals surface area contributed by atoms with Gasteiger partial charge in [-0.05, 0) is 37.1 Å². The second-order valence-electron chi connectivity index (χ2n) is 6.50. The minimum absolute atomic E-state index is 0.275. The summed E-state index contributed by atoms with van der Waals surface area (Å²) in [6.45, 7) is 0.649. The van der Waals surface area contributed by atoms with Gasteiger partial charge in [0.1, 0.15) is 22.7 Å². The maximum atomic E-state index is 11.7. The van der Waals surface area contributed by atoms with Crippen molar-refractivity contribution in [1.29, 1.82) is 0 Å². The normalized spacial score (nSPS) is 13.6. The van der Waals surface area contributed by atoms with E-state index in [9.17, 15) is 4.79 Å². The molecule has 0 saturated carbocycles. The molecule has 0 fully saturated rings. The van der Waals surface area contributed by atoms with Gasteiger partial charge in [-0.1, -0.05) is 23.3 Å². The minimum atomic E-state index is -0.275. The molecule has 0 saturated heterocycles. The van der Waals surface area contributed by atoms with Crippen molar-refractivity contribution in [2.75, 3.05) is 18.9 Å². The van der Waals surface area contributed by atoms with Crippen LogP contribution in [0.3, 0.4) is 0 Å². The molecular formula is C21H19ClN4O3. The quantitative estimate of drug-likeness (QED) is 0.615. The fraction of sp³-hybridized carbons (Fsp3) is 0.190. The Bertz CT molecular complexity index is 1120. The summed E-state index contributed by atoms with van der Waals surface area (Å²) in [5.41, 5.74) is 2.85. The number of carbonyl (C=O) groups is 1. The second kappa shape index (κ2) is 8.36. The fourth-order valence-corrected chi connectivity index (χ4v) is 3.06. The molecule has 0 spiro atoms. The van der Waals surface area contributed by atoms with Crippen LogP contribution in [-0.2, 0) is 0 Å². The first kappa shape index (κ1) is 19.0. The molecule has 1 aliphatic carbocycles. The summed E-state index contributed by atoms with van der Waals surface area (Å²) in [5, 5.41) is 6.61. The van der Waals surface area contributed by atoms with E-state index in [1.165, 1.54) is 11.8 Å². The number of pyridine rings is 1. The number of nitrogens with one attached hydrogen (secondary N) is 2. The zero-order valence-corrected chi connectivity index (χ0v) is 16.5. The molecule has 0 unspecified atom stereocenters. The number of oxazole rings is 1. The smallest absolute Gasteiger partial charge is 0.295 e. The number of amides is 1. The van der Waals surface area contributed by atoms with E-state index in [4.69, 9.17) is 20.8 Å².